The molecule has 4 aromatic rings. The van der Waals surface area contributed by atoms with E-state index in [1.807, 2.05) is 30.7 Å². The number of pyridine rings is 1. The standard InChI is InChI=1S/C18H15FN6OS/c1-11-3-4-14(19)13(9-11)16-21-15(26-24-16)10-27-18-23-22-17(25(18)2)12-5-7-20-8-6-12/h3-9H,10H2,1-2H3. The van der Waals surface area contributed by atoms with E-state index in [0.717, 1.165) is 17.0 Å². The van der Waals surface area contributed by atoms with Crippen molar-refractivity contribution >= 4 is 11.8 Å². The number of nitrogens with zero attached hydrogens (tertiary/aromatic N) is 6. The van der Waals surface area contributed by atoms with Gasteiger partial charge in [-0.15, -0.1) is 10.2 Å². The molecule has 1 aromatic carbocycles. The minimum absolute atomic E-state index is 0.238. The molecule has 0 N–H and O–H groups in total. The number of aryl methyl sites for hydroxylation is 1. The lowest BCUT2D eigenvalue weighted by Gasteiger charge is -2.02. The van der Waals surface area contributed by atoms with E-state index in [-0.39, 0.29) is 11.6 Å². The molecule has 4 rings (SSSR count). The molecule has 0 atom stereocenters. The maximum Gasteiger partial charge on any atom is 0.237 e. The van der Waals surface area contributed by atoms with Gasteiger partial charge in [0, 0.05) is 25.0 Å². The van der Waals surface area contributed by atoms with E-state index in [4.69, 9.17) is 4.52 Å². The summed E-state index contributed by atoms with van der Waals surface area (Å²) in [7, 11) is 1.89. The largest absolute Gasteiger partial charge is 0.338 e. The summed E-state index contributed by atoms with van der Waals surface area (Å²) in [6, 6.07) is 8.54. The SMILES string of the molecule is Cc1ccc(F)c(-c2noc(CSc3nnc(-c4ccncc4)n3C)n2)c1. The lowest BCUT2D eigenvalue weighted by molar-refractivity contribution is 0.391. The fraction of sp³-hybridized carbons (Fsp3) is 0.167. The number of aromatic nitrogens is 6. The number of hydrogen-bond acceptors (Lipinski definition) is 7. The molecule has 27 heavy (non-hydrogen) atoms. The zero-order chi connectivity index (χ0) is 18.8. The van der Waals surface area contributed by atoms with Crippen molar-refractivity contribution in [3.63, 3.8) is 0 Å². The van der Waals surface area contributed by atoms with Gasteiger partial charge in [-0.3, -0.25) is 4.98 Å². The average Bonchev–Trinajstić information content (AvgIpc) is 3.29. The molecular formula is C18H15FN6OS. The van der Waals surface area contributed by atoms with E-state index < -0.39 is 0 Å². The van der Waals surface area contributed by atoms with Gasteiger partial charge < -0.3 is 9.09 Å². The number of benzene rings is 1. The molecule has 7 nitrogen and oxygen atoms in total. The first-order valence-corrected chi connectivity index (χ1v) is 9.12. The minimum Gasteiger partial charge on any atom is -0.338 e. The predicted octanol–water partition coefficient (Wildman–Crippen LogP) is 3.67. The van der Waals surface area contributed by atoms with Crippen LogP contribution in [0.15, 0.2) is 52.4 Å². The van der Waals surface area contributed by atoms with Crippen molar-refractivity contribution in [2.24, 2.45) is 7.05 Å². The van der Waals surface area contributed by atoms with Gasteiger partial charge >= 0.3 is 0 Å². The van der Waals surface area contributed by atoms with Gasteiger partial charge in [0.05, 0.1) is 11.3 Å². The van der Waals surface area contributed by atoms with Crippen LogP contribution in [0.1, 0.15) is 11.5 Å². The van der Waals surface area contributed by atoms with Gasteiger partial charge in [0.15, 0.2) is 11.0 Å². The van der Waals surface area contributed by atoms with E-state index in [1.165, 1.54) is 17.8 Å². The summed E-state index contributed by atoms with van der Waals surface area (Å²) < 4.78 is 21.1. The van der Waals surface area contributed by atoms with Crippen LogP contribution in [0.5, 0.6) is 0 Å². The van der Waals surface area contributed by atoms with Crippen LogP contribution in [0, 0.1) is 12.7 Å². The zero-order valence-electron chi connectivity index (χ0n) is 14.6. The van der Waals surface area contributed by atoms with Crippen molar-refractivity contribution < 1.29 is 8.91 Å². The molecule has 0 aliphatic rings. The molecule has 0 amide bonds. The van der Waals surface area contributed by atoms with Gasteiger partial charge in [-0.1, -0.05) is 28.5 Å². The van der Waals surface area contributed by atoms with Gasteiger partial charge in [-0.2, -0.15) is 4.98 Å². The van der Waals surface area contributed by atoms with Crippen molar-refractivity contribution in [1.82, 2.24) is 29.9 Å². The Kier molecular flexibility index (Phi) is 4.68. The highest BCUT2D eigenvalue weighted by molar-refractivity contribution is 7.98. The van der Waals surface area contributed by atoms with E-state index in [0.29, 0.717) is 22.4 Å². The Hall–Kier alpha value is -3.07. The van der Waals surface area contributed by atoms with Crippen molar-refractivity contribution in [2.75, 3.05) is 0 Å². The fourth-order valence-corrected chi connectivity index (χ4v) is 3.30. The Morgan fingerprint density at radius 1 is 1.15 bits per heavy atom. The molecular weight excluding hydrogens is 367 g/mol. The van der Waals surface area contributed by atoms with E-state index in [1.54, 1.807) is 24.5 Å². The molecule has 9 heteroatoms. The molecule has 3 aromatic heterocycles. The zero-order valence-corrected chi connectivity index (χ0v) is 15.4. The summed E-state index contributed by atoms with van der Waals surface area (Å²) in [5.41, 5.74) is 2.19. The summed E-state index contributed by atoms with van der Waals surface area (Å²) in [6.07, 6.45) is 3.42. The minimum atomic E-state index is -0.379. The van der Waals surface area contributed by atoms with Crippen LogP contribution >= 0.6 is 11.8 Å². The fourth-order valence-electron chi connectivity index (χ4n) is 2.55. The number of rotatable bonds is 5. The van der Waals surface area contributed by atoms with Crippen LogP contribution in [0.4, 0.5) is 4.39 Å². The summed E-state index contributed by atoms with van der Waals surface area (Å²) in [5, 5.41) is 13.0. The summed E-state index contributed by atoms with van der Waals surface area (Å²) in [4.78, 5) is 8.29. The summed E-state index contributed by atoms with van der Waals surface area (Å²) in [5.74, 6) is 1.40. The molecule has 0 saturated carbocycles. The second-order valence-electron chi connectivity index (χ2n) is 5.88. The monoisotopic (exact) mass is 382 g/mol. The second kappa shape index (κ2) is 7.28. The summed E-state index contributed by atoms with van der Waals surface area (Å²) >= 11 is 1.42. The van der Waals surface area contributed by atoms with Crippen LogP contribution in [0.3, 0.4) is 0 Å². The van der Waals surface area contributed by atoms with Crippen molar-refractivity contribution in [3.05, 3.63) is 60.0 Å². The van der Waals surface area contributed by atoms with Gasteiger partial charge in [-0.25, -0.2) is 4.39 Å². The molecule has 0 aliphatic carbocycles. The van der Waals surface area contributed by atoms with Crippen LogP contribution in [-0.4, -0.2) is 29.9 Å². The van der Waals surface area contributed by atoms with Crippen LogP contribution in [0.2, 0.25) is 0 Å². The third-order valence-corrected chi connectivity index (χ3v) is 4.93. The van der Waals surface area contributed by atoms with Crippen LogP contribution in [-0.2, 0) is 12.8 Å². The third kappa shape index (κ3) is 3.59. The van der Waals surface area contributed by atoms with Crippen LogP contribution < -0.4 is 0 Å². The first-order chi connectivity index (χ1) is 13.1. The van der Waals surface area contributed by atoms with Crippen LogP contribution in [0.25, 0.3) is 22.8 Å². The molecule has 136 valence electrons. The van der Waals surface area contributed by atoms with E-state index in [9.17, 15) is 4.39 Å². The maximum atomic E-state index is 14.0. The Morgan fingerprint density at radius 3 is 2.78 bits per heavy atom. The van der Waals surface area contributed by atoms with E-state index in [2.05, 4.69) is 25.3 Å². The molecule has 3 heterocycles. The number of halogens is 1. The Balaban J connectivity index is 1.50. The van der Waals surface area contributed by atoms with Crippen molar-refractivity contribution in [2.45, 2.75) is 17.8 Å². The first-order valence-electron chi connectivity index (χ1n) is 8.13. The summed E-state index contributed by atoms with van der Waals surface area (Å²) in [6.45, 7) is 1.88. The highest BCUT2D eigenvalue weighted by Gasteiger charge is 2.16. The molecule has 0 aliphatic heterocycles. The molecule has 0 spiro atoms. The molecule has 0 fully saturated rings. The molecule has 0 bridgehead atoms. The van der Waals surface area contributed by atoms with Gasteiger partial charge in [0.2, 0.25) is 11.7 Å². The quantitative estimate of drug-likeness (QED) is 0.487. The van der Waals surface area contributed by atoms with Crippen molar-refractivity contribution in [1.29, 1.82) is 0 Å². The molecule has 0 radical (unpaired) electrons. The van der Waals surface area contributed by atoms with Gasteiger partial charge in [-0.05, 0) is 31.2 Å². The Labute approximate surface area is 158 Å². The van der Waals surface area contributed by atoms with E-state index >= 15 is 0 Å². The Morgan fingerprint density at radius 2 is 1.96 bits per heavy atom. The molecule has 0 unspecified atom stereocenters. The van der Waals surface area contributed by atoms with Gasteiger partial charge in [0.1, 0.15) is 5.82 Å². The number of thioether (sulfide) groups is 1. The normalized spacial score (nSPS) is 11.1. The smallest absolute Gasteiger partial charge is 0.237 e. The highest BCUT2D eigenvalue weighted by atomic mass is 32.2. The predicted molar refractivity (Wildman–Crippen MR) is 98.2 cm³/mol. The third-order valence-electron chi connectivity index (χ3n) is 3.93. The first kappa shape index (κ1) is 17.3. The lowest BCUT2D eigenvalue weighted by Crippen LogP contribution is -1.95. The molecule has 0 saturated heterocycles. The average molecular weight is 382 g/mol. The highest BCUT2D eigenvalue weighted by Crippen LogP contribution is 2.26. The topological polar surface area (TPSA) is 82.5 Å². The van der Waals surface area contributed by atoms with Crippen molar-refractivity contribution in [3.8, 4) is 22.8 Å². The Bertz CT molecular complexity index is 1080. The van der Waals surface area contributed by atoms with Gasteiger partial charge in [0.25, 0.3) is 0 Å². The number of hydrogen-bond donors (Lipinski definition) is 0. The maximum absolute atomic E-state index is 14.0. The lowest BCUT2D eigenvalue weighted by atomic mass is 10.1. The second-order valence-corrected chi connectivity index (χ2v) is 6.83.